The maximum atomic E-state index is 6.16. The second-order valence-corrected chi connectivity index (χ2v) is 8.57. The standard InChI is InChI=1S/C23H29Cl2N3O2S/c1-2-30-20-7-4-18(5-8-20)17-28(11-3-10-27-12-14-29-15-13-27)23(31)26-19-6-9-21(24)22(25)16-19/h4-9,16H,2-3,10-15,17H2,1H3,(H,26,31). The van der Waals surface area contributed by atoms with Gasteiger partial charge in [0.15, 0.2) is 5.11 Å². The van der Waals surface area contributed by atoms with Crippen LogP contribution < -0.4 is 10.1 Å². The average Bonchev–Trinajstić information content (AvgIpc) is 2.78. The van der Waals surface area contributed by atoms with Gasteiger partial charge >= 0.3 is 0 Å². The van der Waals surface area contributed by atoms with Crippen molar-refractivity contribution in [1.29, 1.82) is 0 Å². The largest absolute Gasteiger partial charge is 0.494 e. The molecule has 1 aliphatic heterocycles. The van der Waals surface area contributed by atoms with E-state index in [2.05, 4.69) is 27.2 Å². The Morgan fingerprint density at radius 1 is 1.13 bits per heavy atom. The van der Waals surface area contributed by atoms with Crippen LogP contribution in [0, 0.1) is 0 Å². The highest BCUT2D eigenvalue weighted by Crippen LogP contribution is 2.25. The lowest BCUT2D eigenvalue weighted by Crippen LogP contribution is -2.40. The molecule has 0 saturated carbocycles. The molecule has 0 bridgehead atoms. The van der Waals surface area contributed by atoms with Gasteiger partial charge in [-0.05, 0) is 61.5 Å². The van der Waals surface area contributed by atoms with E-state index in [4.69, 9.17) is 44.9 Å². The summed E-state index contributed by atoms with van der Waals surface area (Å²) in [6.07, 6.45) is 1.01. The van der Waals surface area contributed by atoms with Crippen LogP contribution in [-0.4, -0.2) is 60.9 Å². The highest BCUT2D eigenvalue weighted by atomic mass is 35.5. The third kappa shape index (κ3) is 7.81. The summed E-state index contributed by atoms with van der Waals surface area (Å²) in [7, 11) is 0. The highest BCUT2D eigenvalue weighted by molar-refractivity contribution is 7.80. The normalized spacial score (nSPS) is 14.3. The number of ether oxygens (including phenoxy) is 2. The van der Waals surface area contributed by atoms with Crippen LogP contribution >= 0.6 is 35.4 Å². The van der Waals surface area contributed by atoms with Crippen molar-refractivity contribution in [2.75, 3.05) is 51.3 Å². The fourth-order valence-electron chi connectivity index (χ4n) is 3.42. The summed E-state index contributed by atoms with van der Waals surface area (Å²) in [6, 6.07) is 13.6. The van der Waals surface area contributed by atoms with Crippen LogP contribution in [0.2, 0.25) is 10.0 Å². The summed E-state index contributed by atoms with van der Waals surface area (Å²) in [4.78, 5) is 4.63. The molecule has 0 aromatic heterocycles. The van der Waals surface area contributed by atoms with E-state index in [1.54, 1.807) is 12.1 Å². The first kappa shape index (κ1) is 24.1. The fraction of sp³-hybridized carbons (Fsp3) is 0.435. The van der Waals surface area contributed by atoms with Crippen molar-refractivity contribution in [3.8, 4) is 5.75 Å². The average molecular weight is 482 g/mol. The van der Waals surface area contributed by atoms with Gasteiger partial charge in [0, 0.05) is 38.4 Å². The molecule has 2 aromatic rings. The molecular formula is C23H29Cl2N3O2S. The second kappa shape index (κ2) is 12.5. The highest BCUT2D eigenvalue weighted by Gasteiger charge is 2.14. The van der Waals surface area contributed by atoms with Gasteiger partial charge < -0.3 is 19.7 Å². The number of rotatable bonds is 9. The zero-order valence-corrected chi connectivity index (χ0v) is 20.1. The van der Waals surface area contributed by atoms with E-state index < -0.39 is 0 Å². The number of morpholine rings is 1. The van der Waals surface area contributed by atoms with E-state index in [0.717, 1.165) is 57.3 Å². The number of nitrogens with one attached hydrogen (secondary N) is 1. The number of hydrogen-bond acceptors (Lipinski definition) is 4. The Morgan fingerprint density at radius 2 is 1.87 bits per heavy atom. The Bertz CT molecular complexity index is 845. The summed E-state index contributed by atoms with van der Waals surface area (Å²) < 4.78 is 11.0. The van der Waals surface area contributed by atoms with Crippen LogP contribution in [0.1, 0.15) is 18.9 Å². The molecule has 5 nitrogen and oxygen atoms in total. The molecule has 0 unspecified atom stereocenters. The van der Waals surface area contributed by atoms with Crippen molar-refractivity contribution >= 4 is 46.2 Å². The second-order valence-electron chi connectivity index (χ2n) is 7.37. The van der Waals surface area contributed by atoms with E-state index in [-0.39, 0.29) is 0 Å². The molecule has 1 saturated heterocycles. The molecule has 1 heterocycles. The SMILES string of the molecule is CCOc1ccc(CN(CCCN2CCOCC2)C(=S)Nc2ccc(Cl)c(Cl)c2)cc1. The van der Waals surface area contributed by atoms with Gasteiger partial charge in [0.2, 0.25) is 0 Å². The summed E-state index contributed by atoms with van der Waals surface area (Å²) in [5, 5.41) is 4.99. The lowest BCUT2D eigenvalue weighted by molar-refractivity contribution is 0.0368. The van der Waals surface area contributed by atoms with Gasteiger partial charge in [-0.25, -0.2) is 0 Å². The quantitative estimate of drug-likeness (QED) is 0.488. The predicted octanol–water partition coefficient (Wildman–Crippen LogP) is 5.31. The molecule has 8 heteroatoms. The maximum absolute atomic E-state index is 6.16. The van der Waals surface area contributed by atoms with Crippen LogP contribution in [-0.2, 0) is 11.3 Å². The Hall–Kier alpha value is -1.57. The molecule has 1 N–H and O–H groups in total. The van der Waals surface area contributed by atoms with Gasteiger partial charge in [-0.15, -0.1) is 0 Å². The van der Waals surface area contributed by atoms with Crippen molar-refractivity contribution in [2.45, 2.75) is 19.9 Å². The Morgan fingerprint density at radius 3 is 2.55 bits per heavy atom. The van der Waals surface area contributed by atoms with E-state index in [1.807, 2.05) is 25.1 Å². The molecule has 1 aliphatic rings. The smallest absolute Gasteiger partial charge is 0.173 e. The number of thiocarbonyl (C=S) groups is 1. The van der Waals surface area contributed by atoms with Crippen molar-refractivity contribution in [1.82, 2.24) is 9.80 Å². The topological polar surface area (TPSA) is 37.0 Å². The first-order chi connectivity index (χ1) is 15.0. The van der Waals surface area contributed by atoms with Gasteiger partial charge in [-0.3, -0.25) is 4.90 Å². The minimum absolute atomic E-state index is 0.500. The lowest BCUT2D eigenvalue weighted by Gasteiger charge is -2.29. The Kier molecular flexibility index (Phi) is 9.68. The maximum Gasteiger partial charge on any atom is 0.173 e. The van der Waals surface area contributed by atoms with E-state index in [9.17, 15) is 0 Å². The van der Waals surface area contributed by atoms with Crippen molar-refractivity contribution in [3.05, 3.63) is 58.1 Å². The van der Waals surface area contributed by atoms with Gasteiger partial charge in [0.1, 0.15) is 5.75 Å². The summed E-state index contributed by atoms with van der Waals surface area (Å²) in [6.45, 7) is 8.83. The summed E-state index contributed by atoms with van der Waals surface area (Å²) in [5.41, 5.74) is 2.00. The first-order valence-electron chi connectivity index (χ1n) is 10.6. The number of hydrogen-bond donors (Lipinski definition) is 1. The van der Waals surface area contributed by atoms with Crippen LogP contribution in [0.4, 0.5) is 5.69 Å². The molecule has 3 rings (SSSR count). The lowest BCUT2D eigenvalue weighted by atomic mass is 10.2. The molecule has 0 spiro atoms. The van der Waals surface area contributed by atoms with Crippen LogP contribution in [0.5, 0.6) is 5.75 Å². The van der Waals surface area contributed by atoms with E-state index in [0.29, 0.717) is 28.3 Å². The third-order valence-electron chi connectivity index (χ3n) is 5.07. The van der Waals surface area contributed by atoms with Gasteiger partial charge in [0.05, 0.1) is 29.9 Å². The van der Waals surface area contributed by atoms with Crippen molar-refractivity contribution in [3.63, 3.8) is 0 Å². The zero-order chi connectivity index (χ0) is 22.1. The van der Waals surface area contributed by atoms with Crippen molar-refractivity contribution < 1.29 is 9.47 Å². The summed E-state index contributed by atoms with van der Waals surface area (Å²) >= 11 is 17.9. The van der Waals surface area contributed by atoms with Crippen LogP contribution in [0.15, 0.2) is 42.5 Å². The molecule has 168 valence electrons. The van der Waals surface area contributed by atoms with Gasteiger partial charge in [-0.1, -0.05) is 35.3 Å². The third-order valence-corrected chi connectivity index (χ3v) is 6.17. The van der Waals surface area contributed by atoms with Gasteiger partial charge in [0.25, 0.3) is 0 Å². The Labute approximate surface area is 200 Å². The van der Waals surface area contributed by atoms with E-state index in [1.165, 1.54) is 5.56 Å². The molecular weight excluding hydrogens is 453 g/mol. The Balaban J connectivity index is 1.64. The molecule has 0 radical (unpaired) electrons. The van der Waals surface area contributed by atoms with Crippen LogP contribution in [0.3, 0.4) is 0 Å². The molecule has 2 aromatic carbocycles. The minimum atomic E-state index is 0.500. The number of nitrogens with zero attached hydrogens (tertiary/aromatic N) is 2. The predicted molar refractivity (Wildman–Crippen MR) is 133 cm³/mol. The molecule has 0 aliphatic carbocycles. The van der Waals surface area contributed by atoms with Crippen LogP contribution in [0.25, 0.3) is 0 Å². The number of benzene rings is 2. The van der Waals surface area contributed by atoms with E-state index >= 15 is 0 Å². The number of halogens is 2. The molecule has 1 fully saturated rings. The molecule has 31 heavy (non-hydrogen) atoms. The van der Waals surface area contributed by atoms with Gasteiger partial charge in [-0.2, -0.15) is 0 Å². The summed E-state index contributed by atoms with van der Waals surface area (Å²) in [5.74, 6) is 0.877. The molecule has 0 atom stereocenters. The minimum Gasteiger partial charge on any atom is -0.494 e. The van der Waals surface area contributed by atoms with Crippen molar-refractivity contribution in [2.24, 2.45) is 0 Å². The monoisotopic (exact) mass is 481 g/mol. The first-order valence-corrected chi connectivity index (χ1v) is 11.7. The fourth-order valence-corrected chi connectivity index (χ4v) is 3.99. The number of anilines is 1. The molecule has 0 amide bonds. The zero-order valence-electron chi connectivity index (χ0n) is 17.8.